The van der Waals surface area contributed by atoms with Gasteiger partial charge in [0, 0.05) is 11.6 Å². The van der Waals surface area contributed by atoms with Crippen LogP contribution < -0.4 is 10.4 Å². The second-order valence-electron chi connectivity index (χ2n) is 5.27. The molecule has 1 aliphatic heterocycles. The van der Waals surface area contributed by atoms with Crippen LogP contribution in [0.25, 0.3) is 0 Å². The predicted molar refractivity (Wildman–Crippen MR) is 68.3 cm³/mol. The summed E-state index contributed by atoms with van der Waals surface area (Å²) in [5, 5.41) is 14.5. The number of carboxylic acids is 1. The number of aryl methyl sites for hydroxylation is 1. The molecule has 94 valence electrons. The fourth-order valence-corrected chi connectivity index (χ4v) is 3.15. The van der Waals surface area contributed by atoms with Crippen molar-refractivity contribution in [2.45, 2.75) is 32.2 Å². The lowest BCUT2D eigenvalue weighted by molar-refractivity contribution is -0.308. The van der Waals surface area contributed by atoms with Crippen LogP contribution in [0.3, 0.4) is 0 Å². The van der Waals surface area contributed by atoms with Crippen LogP contribution in [0.1, 0.15) is 29.0 Å². The van der Waals surface area contributed by atoms with Crippen LogP contribution >= 0.6 is 0 Å². The molecule has 1 N–H and O–H groups in total. The Morgan fingerprint density at radius 2 is 2.17 bits per heavy atom. The summed E-state index contributed by atoms with van der Waals surface area (Å²) in [6.07, 6.45) is 5.02. The minimum absolute atomic E-state index is 0.0876. The van der Waals surface area contributed by atoms with Crippen LogP contribution in [-0.4, -0.2) is 12.0 Å². The summed E-state index contributed by atoms with van der Waals surface area (Å²) in [6, 6.07) is 3.64. The Balaban J connectivity index is 2.14. The Kier molecular flexibility index (Phi) is 2.44. The molecule has 2 aliphatic rings. The summed E-state index contributed by atoms with van der Waals surface area (Å²) < 4.78 is 0. The summed E-state index contributed by atoms with van der Waals surface area (Å²) in [6.45, 7) is 4.08. The van der Waals surface area contributed by atoms with Gasteiger partial charge in [0.15, 0.2) is 0 Å². The van der Waals surface area contributed by atoms with E-state index in [1.54, 1.807) is 0 Å². The van der Waals surface area contributed by atoms with Crippen molar-refractivity contribution in [3.8, 4) is 0 Å². The van der Waals surface area contributed by atoms with Crippen LogP contribution in [-0.2, 0) is 4.79 Å². The molecule has 0 saturated heterocycles. The predicted octanol–water partition coefficient (Wildman–Crippen LogP) is 1.51. The lowest BCUT2D eigenvalue weighted by Gasteiger charge is -2.38. The molecule has 0 aromatic heterocycles. The number of hydrogen-bond donors (Lipinski definition) is 1. The largest absolute Gasteiger partial charge is 0.548 e. The third-order valence-electron chi connectivity index (χ3n) is 4.32. The maximum atomic E-state index is 11.3. The lowest BCUT2D eigenvalue weighted by Crippen LogP contribution is -2.49. The standard InChI is InChI=1S/C15H17NO2/c1-8-6-7-12-10-4-3-5-11(10)14(15(17)18)16-13(12)9(8)2/h3-4,6-7,10-11,14,16H,5H2,1-2H3,(H,17,18)/p-1/t10-,11-,14+/m1/s1. The lowest BCUT2D eigenvalue weighted by atomic mass is 9.78. The Hall–Kier alpha value is -1.77. The van der Waals surface area contributed by atoms with E-state index >= 15 is 0 Å². The van der Waals surface area contributed by atoms with E-state index in [9.17, 15) is 9.90 Å². The van der Waals surface area contributed by atoms with Crippen LogP contribution in [0.5, 0.6) is 0 Å². The summed E-state index contributed by atoms with van der Waals surface area (Å²) in [5.41, 5.74) is 4.52. The Bertz CT molecular complexity index is 548. The van der Waals surface area contributed by atoms with Crippen molar-refractivity contribution in [2.75, 3.05) is 5.32 Å². The fourth-order valence-electron chi connectivity index (χ4n) is 3.15. The maximum absolute atomic E-state index is 11.3. The maximum Gasteiger partial charge on any atom is 0.0698 e. The molecule has 3 rings (SSSR count). The van der Waals surface area contributed by atoms with Gasteiger partial charge in [-0.15, -0.1) is 0 Å². The normalized spacial score (nSPS) is 28.4. The zero-order valence-corrected chi connectivity index (χ0v) is 10.6. The van der Waals surface area contributed by atoms with Gasteiger partial charge in [-0.25, -0.2) is 0 Å². The number of nitrogens with one attached hydrogen (secondary N) is 1. The number of rotatable bonds is 1. The average molecular weight is 242 g/mol. The summed E-state index contributed by atoms with van der Waals surface area (Å²) >= 11 is 0. The highest BCUT2D eigenvalue weighted by molar-refractivity contribution is 5.80. The number of benzene rings is 1. The van der Waals surface area contributed by atoms with Gasteiger partial charge in [0.25, 0.3) is 0 Å². The number of anilines is 1. The molecule has 3 atom stereocenters. The fraction of sp³-hybridized carbons (Fsp3) is 0.400. The SMILES string of the molecule is Cc1ccc2c(c1C)N[C@H](C(=O)[O-])[C@@H]1CC=C[C@@H]21. The first-order valence-electron chi connectivity index (χ1n) is 6.33. The van der Waals surface area contributed by atoms with Gasteiger partial charge in [-0.1, -0.05) is 24.3 Å². The van der Waals surface area contributed by atoms with E-state index < -0.39 is 12.0 Å². The molecule has 1 aliphatic carbocycles. The van der Waals surface area contributed by atoms with Gasteiger partial charge in [0.05, 0.1) is 12.0 Å². The first-order chi connectivity index (χ1) is 8.59. The highest BCUT2D eigenvalue weighted by Gasteiger charge is 2.38. The molecule has 3 heteroatoms. The smallest absolute Gasteiger partial charge is 0.0698 e. The molecular weight excluding hydrogens is 226 g/mol. The van der Waals surface area contributed by atoms with E-state index in [4.69, 9.17) is 0 Å². The van der Waals surface area contributed by atoms with Gasteiger partial charge in [0.1, 0.15) is 0 Å². The van der Waals surface area contributed by atoms with Crippen molar-refractivity contribution < 1.29 is 9.90 Å². The quantitative estimate of drug-likeness (QED) is 0.759. The summed E-state index contributed by atoms with van der Waals surface area (Å²) in [7, 11) is 0. The number of allylic oxidation sites excluding steroid dienone is 2. The average Bonchev–Trinajstić information content (AvgIpc) is 2.81. The van der Waals surface area contributed by atoms with Gasteiger partial charge < -0.3 is 15.2 Å². The minimum atomic E-state index is -1.000. The molecule has 0 radical (unpaired) electrons. The second kappa shape index (κ2) is 3.87. The van der Waals surface area contributed by atoms with Gasteiger partial charge >= 0.3 is 0 Å². The Morgan fingerprint density at radius 1 is 1.39 bits per heavy atom. The van der Waals surface area contributed by atoms with Crippen molar-refractivity contribution in [2.24, 2.45) is 5.92 Å². The molecule has 1 aromatic rings. The molecule has 0 unspecified atom stereocenters. The molecule has 1 heterocycles. The van der Waals surface area contributed by atoms with E-state index in [1.165, 1.54) is 11.1 Å². The molecule has 18 heavy (non-hydrogen) atoms. The molecular formula is C15H16NO2-. The molecule has 3 nitrogen and oxygen atoms in total. The monoisotopic (exact) mass is 242 g/mol. The van der Waals surface area contributed by atoms with E-state index in [-0.39, 0.29) is 11.8 Å². The molecule has 1 aromatic carbocycles. The van der Waals surface area contributed by atoms with Crippen molar-refractivity contribution in [3.63, 3.8) is 0 Å². The highest BCUT2D eigenvalue weighted by atomic mass is 16.4. The zero-order chi connectivity index (χ0) is 12.9. The number of carbonyl (C=O) groups is 1. The Morgan fingerprint density at radius 3 is 2.89 bits per heavy atom. The molecule has 0 saturated carbocycles. The van der Waals surface area contributed by atoms with E-state index in [2.05, 4.69) is 29.6 Å². The molecule has 0 fully saturated rings. The van der Waals surface area contributed by atoms with Crippen LogP contribution in [0.15, 0.2) is 24.3 Å². The van der Waals surface area contributed by atoms with Crippen LogP contribution in [0, 0.1) is 19.8 Å². The third kappa shape index (κ3) is 1.47. The van der Waals surface area contributed by atoms with Gasteiger partial charge in [0.2, 0.25) is 0 Å². The zero-order valence-electron chi connectivity index (χ0n) is 10.6. The number of hydrogen-bond acceptors (Lipinski definition) is 3. The minimum Gasteiger partial charge on any atom is -0.548 e. The third-order valence-corrected chi connectivity index (χ3v) is 4.32. The van der Waals surface area contributed by atoms with Crippen molar-refractivity contribution in [1.29, 1.82) is 0 Å². The topological polar surface area (TPSA) is 52.2 Å². The second-order valence-corrected chi connectivity index (χ2v) is 5.27. The van der Waals surface area contributed by atoms with E-state index in [0.29, 0.717) is 0 Å². The highest BCUT2D eigenvalue weighted by Crippen LogP contribution is 2.45. The number of carboxylic acid groups (broad SMARTS) is 1. The Labute approximate surface area is 107 Å². The van der Waals surface area contributed by atoms with Crippen LogP contribution in [0.4, 0.5) is 5.69 Å². The molecule has 0 amide bonds. The van der Waals surface area contributed by atoms with Crippen molar-refractivity contribution in [1.82, 2.24) is 0 Å². The van der Waals surface area contributed by atoms with Gasteiger partial charge in [-0.05, 0) is 42.9 Å². The summed E-state index contributed by atoms with van der Waals surface area (Å²) in [4.78, 5) is 11.3. The molecule has 0 bridgehead atoms. The van der Waals surface area contributed by atoms with E-state index in [1.807, 2.05) is 13.8 Å². The van der Waals surface area contributed by atoms with Crippen molar-refractivity contribution in [3.05, 3.63) is 41.0 Å². The van der Waals surface area contributed by atoms with Gasteiger partial charge in [-0.2, -0.15) is 0 Å². The number of carbonyl (C=O) groups excluding carboxylic acids is 1. The summed E-state index contributed by atoms with van der Waals surface area (Å²) in [5.74, 6) is -0.701. The van der Waals surface area contributed by atoms with Crippen molar-refractivity contribution >= 4 is 11.7 Å². The molecule has 0 spiro atoms. The first kappa shape index (κ1) is 11.3. The first-order valence-corrected chi connectivity index (χ1v) is 6.33. The van der Waals surface area contributed by atoms with Gasteiger partial charge in [-0.3, -0.25) is 0 Å². The number of fused-ring (bicyclic) bond motifs is 3. The van der Waals surface area contributed by atoms with Crippen LogP contribution in [0.2, 0.25) is 0 Å². The number of aliphatic carboxylic acids is 1. The van der Waals surface area contributed by atoms with E-state index in [0.717, 1.165) is 17.7 Å².